The highest BCUT2D eigenvalue weighted by atomic mass is 16.4. The number of nitrogens with zero attached hydrogens (tertiary/aromatic N) is 5. The summed E-state index contributed by atoms with van der Waals surface area (Å²) in [5.74, 6) is -0.0458. The Morgan fingerprint density at radius 2 is 2.03 bits per heavy atom. The van der Waals surface area contributed by atoms with E-state index in [-0.39, 0.29) is 11.8 Å². The second kappa shape index (κ2) is 8.67. The van der Waals surface area contributed by atoms with E-state index in [9.17, 15) is 9.90 Å². The van der Waals surface area contributed by atoms with Crippen LogP contribution in [0.25, 0.3) is 0 Å². The molecule has 0 bridgehead atoms. The van der Waals surface area contributed by atoms with Gasteiger partial charge < -0.3 is 15.3 Å². The average Bonchev–Trinajstić information content (AvgIpc) is 3.24. The van der Waals surface area contributed by atoms with Crippen LogP contribution in [0.1, 0.15) is 50.4 Å². The number of hydrogen-bond donors (Lipinski definition) is 3. The van der Waals surface area contributed by atoms with Gasteiger partial charge in [0.15, 0.2) is 5.82 Å². The molecule has 2 aromatic rings. The maximum absolute atomic E-state index is 12.0. The molecule has 2 fully saturated rings. The molecule has 2 saturated heterocycles. The monoisotopic (exact) mass is 413 g/mol. The smallest absolute Gasteiger partial charge is 0.307 e. The van der Waals surface area contributed by atoms with Crippen molar-refractivity contribution in [2.24, 2.45) is 17.3 Å². The van der Waals surface area contributed by atoms with Crippen molar-refractivity contribution < 1.29 is 9.90 Å². The average molecular weight is 414 g/mol. The summed E-state index contributed by atoms with van der Waals surface area (Å²) >= 11 is 0. The molecule has 4 heterocycles. The number of nitrogens with one attached hydrogen (secondary N) is 2. The molecule has 0 radical (unpaired) electrons. The standard InChI is InChI=1S/C21H31N7O2/c1-14(2)9-17(20(29)30)16(19-24-26-27-25-19)10-15-3-4-18(23-11-15)28-7-5-21(6-8-28)12-22-13-21/h3-4,11,14,16-17,22H,5-10,12-13H2,1-2H3,(H,29,30)(H,24,25,26,27)/t16-,17-/m0/s1. The minimum Gasteiger partial charge on any atom is -0.481 e. The van der Waals surface area contributed by atoms with Crippen LogP contribution in [0.15, 0.2) is 18.3 Å². The van der Waals surface area contributed by atoms with Crippen LogP contribution in [0.2, 0.25) is 0 Å². The van der Waals surface area contributed by atoms with Gasteiger partial charge in [-0.3, -0.25) is 4.79 Å². The molecule has 162 valence electrons. The number of H-pyrrole nitrogens is 1. The molecule has 2 aliphatic heterocycles. The third kappa shape index (κ3) is 4.45. The maximum atomic E-state index is 12.0. The molecule has 9 nitrogen and oxygen atoms in total. The van der Waals surface area contributed by atoms with Crippen LogP contribution < -0.4 is 10.2 Å². The van der Waals surface area contributed by atoms with Gasteiger partial charge in [0.05, 0.1) is 5.92 Å². The molecule has 0 aliphatic carbocycles. The van der Waals surface area contributed by atoms with Crippen molar-refractivity contribution >= 4 is 11.8 Å². The van der Waals surface area contributed by atoms with E-state index >= 15 is 0 Å². The molecule has 2 aliphatic rings. The molecule has 0 unspecified atom stereocenters. The second-order valence-electron chi connectivity index (χ2n) is 9.27. The number of tetrazole rings is 1. The Morgan fingerprint density at radius 1 is 1.27 bits per heavy atom. The summed E-state index contributed by atoms with van der Waals surface area (Å²) in [4.78, 5) is 19.0. The van der Waals surface area contributed by atoms with Gasteiger partial charge in [0.2, 0.25) is 0 Å². The number of aromatic amines is 1. The molecular weight excluding hydrogens is 382 g/mol. The summed E-state index contributed by atoms with van der Waals surface area (Å²) in [5.41, 5.74) is 1.50. The number of piperidine rings is 1. The first kappa shape index (κ1) is 20.7. The molecule has 9 heteroatoms. The lowest BCUT2D eigenvalue weighted by Gasteiger charge is -2.48. The molecule has 2 atom stereocenters. The maximum Gasteiger partial charge on any atom is 0.307 e. The number of pyridine rings is 1. The predicted octanol–water partition coefficient (Wildman–Crippen LogP) is 1.86. The summed E-state index contributed by atoms with van der Waals surface area (Å²) in [6.07, 6.45) is 5.36. The van der Waals surface area contributed by atoms with Crippen molar-refractivity contribution in [3.8, 4) is 0 Å². The van der Waals surface area contributed by atoms with Crippen LogP contribution in [-0.2, 0) is 11.2 Å². The lowest BCUT2D eigenvalue weighted by atomic mass is 9.73. The Bertz CT molecular complexity index is 824. The van der Waals surface area contributed by atoms with Crippen molar-refractivity contribution in [2.45, 2.75) is 45.4 Å². The van der Waals surface area contributed by atoms with Gasteiger partial charge in [0, 0.05) is 38.3 Å². The summed E-state index contributed by atoms with van der Waals surface area (Å²) in [6.45, 7) is 8.42. The van der Waals surface area contributed by atoms with Crippen LogP contribution in [-0.4, -0.2) is 62.9 Å². The van der Waals surface area contributed by atoms with E-state index < -0.39 is 11.9 Å². The highest BCUT2D eigenvalue weighted by Crippen LogP contribution is 2.36. The van der Waals surface area contributed by atoms with Crippen molar-refractivity contribution in [3.63, 3.8) is 0 Å². The van der Waals surface area contributed by atoms with Gasteiger partial charge in [0.25, 0.3) is 0 Å². The summed E-state index contributed by atoms with van der Waals surface area (Å²) in [7, 11) is 0. The number of hydrogen-bond acceptors (Lipinski definition) is 7. The molecule has 1 spiro atoms. The lowest BCUT2D eigenvalue weighted by Crippen LogP contribution is -2.58. The molecule has 0 aromatic carbocycles. The molecule has 0 saturated carbocycles. The van der Waals surface area contributed by atoms with Gasteiger partial charge in [-0.15, -0.1) is 10.2 Å². The first-order valence-electron chi connectivity index (χ1n) is 10.8. The van der Waals surface area contributed by atoms with E-state index in [1.807, 2.05) is 20.0 Å². The van der Waals surface area contributed by atoms with E-state index in [0.29, 0.717) is 24.1 Å². The predicted molar refractivity (Wildman–Crippen MR) is 112 cm³/mol. The zero-order valence-electron chi connectivity index (χ0n) is 17.7. The largest absolute Gasteiger partial charge is 0.481 e. The Labute approximate surface area is 176 Å². The summed E-state index contributed by atoms with van der Waals surface area (Å²) in [6, 6.07) is 4.11. The number of aliphatic carboxylic acids is 1. The molecular formula is C21H31N7O2. The van der Waals surface area contributed by atoms with Crippen molar-refractivity contribution in [2.75, 3.05) is 31.1 Å². The molecule has 4 rings (SSSR count). The fourth-order valence-corrected chi connectivity index (χ4v) is 4.71. The molecule has 30 heavy (non-hydrogen) atoms. The van der Waals surface area contributed by atoms with E-state index in [0.717, 1.165) is 37.6 Å². The molecule has 0 amide bonds. The number of rotatable bonds is 8. The number of carboxylic acid groups (broad SMARTS) is 1. The summed E-state index contributed by atoms with van der Waals surface area (Å²) < 4.78 is 0. The van der Waals surface area contributed by atoms with Gasteiger partial charge in [-0.25, -0.2) is 4.98 Å². The number of carboxylic acids is 1. The van der Waals surface area contributed by atoms with E-state index in [1.54, 1.807) is 0 Å². The Kier molecular flexibility index (Phi) is 5.99. The van der Waals surface area contributed by atoms with Crippen LogP contribution >= 0.6 is 0 Å². The van der Waals surface area contributed by atoms with Gasteiger partial charge in [0.1, 0.15) is 5.82 Å². The third-order valence-electron chi connectivity index (χ3n) is 6.63. The van der Waals surface area contributed by atoms with Crippen molar-refractivity contribution in [1.29, 1.82) is 0 Å². The number of anilines is 1. The Morgan fingerprint density at radius 3 is 2.53 bits per heavy atom. The normalized spacial score (nSPS) is 20.2. The van der Waals surface area contributed by atoms with E-state index in [4.69, 9.17) is 4.98 Å². The highest BCUT2D eigenvalue weighted by molar-refractivity contribution is 5.71. The Hall–Kier alpha value is -2.55. The topological polar surface area (TPSA) is 120 Å². The van der Waals surface area contributed by atoms with Crippen molar-refractivity contribution in [1.82, 2.24) is 30.9 Å². The van der Waals surface area contributed by atoms with Crippen LogP contribution in [0, 0.1) is 17.3 Å². The second-order valence-corrected chi connectivity index (χ2v) is 9.27. The SMILES string of the molecule is CC(C)C[C@H](C(=O)O)[C@H](Cc1ccc(N2CCC3(CC2)CNC3)nc1)c1nn[nH]n1. The quantitative estimate of drug-likeness (QED) is 0.600. The Balaban J connectivity index is 1.46. The summed E-state index contributed by atoms with van der Waals surface area (Å²) in [5, 5.41) is 27.5. The fraction of sp³-hybridized carbons (Fsp3) is 0.667. The van der Waals surface area contributed by atoms with Crippen LogP contribution in [0.5, 0.6) is 0 Å². The van der Waals surface area contributed by atoms with Gasteiger partial charge in [-0.1, -0.05) is 25.1 Å². The van der Waals surface area contributed by atoms with E-state index in [1.165, 1.54) is 12.8 Å². The molecule has 2 aromatic heterocycles. The number of carbonyl (C=O) groups is 1. The zero-order chi connectivity index (χ0) is 21.1. The highest BCUT2D eigenvalue weighted by Gasteiger charge is 2.39. The van der Waals surface area contributed by atoms with Gasteiger partial charge >= 0.3 is 5.97 Å². The van der Waals surface area contributed by atoms with Crippen LogP contribution in [0.4, 0.5) is 5.82 Å². The van der Waals surface area contributed by atoms with Gasteiger partial charge in [-0.05, 0) is 48.6 Å². The number of aromatic nitrogens is 5. The molecule has 3 N–H and O–H groups in total. The van der Waals surface area contributed by atoms with Crippen molar-refractivity contribution in [3.05, 3.63) is 29.7 Å². The minimum atomic E-state index is -0.823. The lowest BCUT2D eigenvalue weighted by molar-refractivity contribution is -0.143. The minimum absolute atomic E-state index is 0.259. The first-order chi connectivity index (χ1) is 14.5. The zero-order valence-corrected chi connectivity index (χ0v) is 17.7. The van der Waals surface area contributed by atoms with Crippen LogP contribution in [0.3, 0.4) is 0 Å². The fourth-order valence-electron chi connectivity index (χ4n) is 4.71. The van der Waals surface area contributed by atoms with E-state index in [2.05, 4.69) is 43.0 Å². The third-order valence-corrected chi connectivity index (χ3v) is 6.63. The first-order valence-corrected chi connectivity index (χ1v) is 10.8. The van der Waals surface area contributed by atoms with Gasteiger partial charge in [-0.2, -0.15) is 5.21 Å².